The highest BCUT2D eigenvalue weighted by Crippen LogP contribution is 2.34. The summed E-state index contributed by atoms with van der Waals surface area (Å²) >= 11 is 0. The van der Waals surface area contributed by atoms with Gasteiger partial charge in [0.2, 0.25) is 6.79 Å². The van der Waals surface area contributed by atoms with E-state index in [0.29, 0.717) is 11.5 Å². The van der Waals surface area contributed by atoms with E-state index in [1.807, 2.05) is 13.0 Å². The van der Waals surface area contributed by atoms with Gasteiger partial charge in [-0.3, -0.25) is 0 Å². The van der Waals surface area contributed by atoms with E-state index >= 15 is 0 Å². The molecule has 0 spiro atoms. The zero-order valence-corrected chi connectivity index (χ0v) is 8.19. The van der Waals surface area contributed by atoms with Crippen molar-refractivity contribution in [2.45, 2.75) is 6.92 Å². The number of carboxylic acids is 1. The standard InChI is InChI=1S/C11H10O4/c1-7-4-9-10(15-6-14-9)5-8(7)2-3-11(12)13/h2-5H,6H2,1H3,(H,12,13)/b3-2+. The van der Waals surface area contributed by atoms with Crippen LogP contribution in [0.1, 0.15) is 11.1 Å². The van der Waals surface area contributed by atoms with Crippen molar-refractivity contribution in [1.29, 1.82) is 0 Å². The number of aliphatic carboxylic acids is 1. The third-order valence-corrected chi connectivity index (χ3v) is 2.17. The SMILES string of the molecule is Cc1cc2c(cc1/C=C/C(=O)O)OCO2. The van der Waals surface area contributed by atoms with Crippen molar-refractivity contribution < 1.29 is 19.4 Å². The van der Waals surface area contributed by atoms with Gasteiger partial charge in [0, 0.05) is 6.08 Å². The Morgan fingerprint density at radius 2 is 2.07 bits per heavy atom. The van der Waals surface area contributed by atoms with Crippen LogP contribution in [-0.4, -0.2) is 17.9 Å². The molecule has 1 aromatic carbocycles. The van der Waals surface area contributed by atoms with E-state index in [1.165, 1.54) is 0 Å². The molecule has 0 saturated heterocycles. The number of fused-ring (bicyclic) bond motifs is 1. The Hall–Kier alpha value is -1.97. The Kier molecular flexibility index (Phi) is 2.33. The fraction of sp³-hybridized carbons (Fsp3) is 0.182. The fourth-order valence-electron chi connectivity index (χ4n) is 1.40. The monoisotopic (exact) mass is 206 g/mol. The molecular formula is C11H10O4. The Labute approximate surface area is 86.7 Å². The summed E-state index contributed by atoms with van der Waals surface area (Å²) in [5.74, 6) is 0.401. The molecule has 0 atom stereocenters. The molecule has 0 radical (unpaired) electrons. The second-order valence-corrected chi connectivity index (χ2v) is 3.23. The quantitative estimate of drug-likeness (QED) is 0.750. The minimum absolute atomic E-state index is 0.223. The van der Waals surface area contributed by atoms with Crippen LogP contribution < -0.4 is 9.47 Å². The molecule has 0 bridgehead atoms. The summed E-state index contributed by atoms with van der Waals surface area (Å²) in [4.78, 5) is 10.4. The Morgan fingerprint density at radius 3 is 2.73 bits per heavy atom. The molecule has 1 aliphatic rings. The summed E-state index contributed by atoms with van der Waals surface area (Å²) in [6, 6.07) is 3.61. The maximum Gasteiger partial charge on any atom is 0.328 e. The normalized spacial score (nSPS) is 13.4. The molecule has 15 heavy (non-hydrogen) atoms. The fourth-order valence-corrected chi connectivity index (χ4v) is 1.40. The lowest BCUT2D eigenvalue weighted by molar-refractivity contribution is -0.131. The van der Waals surface area contributed by atoms with Gasteiger partial charge in [-0.25, -0.2) is 4.79 Å². The van der Waals surface area contributed by atoms with E-state index in [1.54, 1.807) is 12.1 Å². The van der Waals surface area contributed by atoms with Crippen LogP contribution in [0.5, 0.6) is 11.5 Å². The predicted molar refractivity (Wildman–Crippen MR) is 54.0 cm³/mol. The van der Waals surface area contributed by atoms with Crippen molar-refractivity contribution in [3.05, 3.63) is 29.3 Å². The van der Waals surface area contributed by atoms with Gasteiger partial charge in [0.1, 0.15) is 0 Å². The largest absolute Gasteiger partial charge is 0.478 e. The third-order valence-electron chi connectivity index (χ3n) is 2.17. The number of ether oxygens (including phenoxy) is 2. The second-order valence-electron chi connectivity index (χ2n) is 3.23. The van der Waals surface area contributed by atoms with Gasteiger partial charge in [0.05, 0.1) is 0 Å². The molecule has 1 aromatic rings. The molecule has 0 saturated carbocycles. The van der Waals surface area contributed by atoms with Crippen LogP contribution in [0.3, 0.4) is 0 Å². The minimum atomic E-state index is -0.966. The summed E-state index contributed by atoms with van der Waals surface area (Å²) in [6.07, 6.45) is 2.64. The van der Waals surface area contributed by atoms with E-state index in [0.717, 1.165) is 17.2 Å². The highest BCUT2D eigenvalue weighted by atomic mass is 16.7. The molecule has 78 valence electrons. The molecule has 0 unspecified atom stereocenters. The molecule has 1 aliphatic heterocycles. The zero-order chi connectivity index (χ0) is 10.8. The average molecular weight is 206 g/mol. The average Bonchev–Trinajstić information content (AvgIpc) is 2.60. The number of hydrogen-bond acceptors (Lipinski definition) is 3. The number of aryl methyl sites for hydroxylation is 1. The van der Waals surface area contributed by atoms with Gasteiger partial charge in [-0.2, -0.15) is 0 Å². The van der Waals surface area contributed by atoms with Crippen LogP contribution in [0.15, 0.2) is 18.2 Å². The first kappa shape index (κ1) is 9.58. The van der Waals surface area contributed by atoms with Crippen molar-refractivity contribution >= 4 is 12.0 Å². The van der Waals surface area contributed by atoms with Crippen LogP contribution in [0, 0.1) is 6.92 Å². The van der Waals surface area contributed by atoms with Crippen molar-refractivity contribution in [1.82, 2.24) is 0 Å². The molecule has 4 nitrogen and oxygen atoms in total. The number of benzene rings is 1. The lowest BCUT2D eigenvalue weighted by Crippen LogP contribution is -1.92. The minimum Gasteiger partial charge on any atom is -0.478 e. The maximum atomic E-state index is 10.4. The Morgan fingerprint density at radius 1 is 1.40 bits per heavy atom. The lowest BCUT2D eigenvalue weighted by Gasteiger charge is -2.02. The van der Waals surface area contributed by atoms with E-state index in [9.17, 15) is 4.79 Å². The summed E-state index contributed by atoms with van der Waals surface area (Å²) in [5.41, 5.74) is 1.78. The summed E-state index contributed by atoms with van der Waals surface area (Å²) in [7, 11) is 0. The van der Waals surface area contributed by atoms with Crippen molar-refractivity contribution in [2.24, 2.45) is 0 Å². The third kappa shape index (κ3) is 1.93. The van der Waals surface area contributed by atoms with Crippen molar-refractivity contribution in [3.8, 4) is 11.5 Å². The molecule has 1 heterocycles. The molecular weight excluding hydrogens is 196 g/mol. The molecule has 0 amide bonds. The van der Waals surface area contributed by atoms with Crippen LogP contribution >= 0.6 is 0 Å². The van der Waals surface area contributed by atoms with Crippen LogP contribution in [0.2, 0.25) is 0 Å². The molecule has 4 heteroatoms. The van der Waals surface area contributed by atoms with E-state index in [-0.39, 0.29) is 6.79 Å². The van der Waals surface area contributed by atoms with E-state index < -0.39 is 5.97 Å². The Balaban J connectivity index is 2.36. The number of rotatable bonds is 2. The summed E-state index contributed by atoms with van der Waals surface area (Å²) < 4.78 is 10.4. The van der Waals surface area contributed by atoms with E-state index in [2.05, 4.69) is 0 Å². The Bertz CT molecular complexity index is 434. The van der Waals surface area contributed by atoms with Gasteiger partial charge >= 0.3 is 5.97 Å². The second kappa shape index (κ2) is 3.65. The first-order valence-electron chi connectivity index (χ1n) is 4.48. The predicted octanol–water partition coefficient (Wildman–Crippen LogP) is 1.82. The molecule has 1 N–H and O–H groups in total. The van der Waals surface area contributed by atoms with Crippen LogP contribution in [0.4, 0.5) is 0 Å². The van der Waals surface area contributed by atoms with Gasteiger partial charge in [-0.15, -0.1) is 0 Å². The summed E-state index contributed by atoms with van der Waals surface area (Å²) in [5, 5.41) is 8.52. The van der Waals surface area contributed by atoms with Gasteiger partial charge in [0.15, 0.2) is 11.5 Å². The van der Waals surface area contributed by atoms with Crippen LogP contribution in [-0.2, 0) is 4.79 Å². The highest BCUT2D eigenvalue weighted by Gasteiger charge is 2.14. The van der Waals surface area contributed by atoms with Gasteiger partial charge in [-0.05, 0) is 36.3 Å². The van der Waals surface area contributed by atoms with Crippen LogP contribution in [0.25, 0.3) is 6.08 Å². The van der Waals surface area contributed by atoms with Crippen molar-refractivity contribution in [3.63, 3.8) is 0 Å². The van der Waals surface area contributed by atoms with Crippen molar-refractivity contribution in [2.75, 3.05) is 6.79 Å². The zero-order valence-electron chi connectivity index (χ0n) is 8.19. The summed E-state index contributed by atoms with van der Waals surface area (Å²) in [6.45, 7) is 2.12. The first-order valence-corrected chi connectivity index (χ1v) is 4.48. The first-order chi connectivity index (χ1) is 7.16. The van der Waals surface area contributed by atoms with Gasteiger partial charge in [-0.1, -0.05) is 0 Å². The highest BCUT2D eigenvalue weighted by molar-refractivity contribution is 5.85. The number of carboxylic acid groups (broad SMARTS) is 1. The molecule has 2 rings (SSSR count). The number of carbonyl (C=O) groups is 1. The van der Waals surface area contributed by atoms with E-state index in [4.69, 9.17) is 14.6 Å². The smallest absolute Gasteiger partial charge is 0.328 e. The number of hydrogen-bond donors (Lipinski definition) is 1. The molecule has 0 fully saturated rings. The van der Waals surface area contributed by atoms with Gasteiger partial charge in [0.25, 0.3) is 0 Å². The van der Waals surface area contributed by atoms with Gasteiger partial charge < -0.3 is 14.6 Å². The maximum absolute atomic E-state index is 10.4. The molecule has 0 aromatic heterocycles. The lowest BCUT2D eigenvalue weighted by atomic mass is 10.1. The topological polar surface area (TPSA) is 55.8 Å². The molecule has 0 aliphatic carbocycles.